The smallest absolute Gasteiger partial charge is 0.315 e. The molecular formula is C19H26N4O2. The summed E-state index contributed by atoms with van der Waals surface area (Å²) >= 11 is 0. The Morgan fingerprint density at radius 2 is 2.00 bits per heavy atom. The van der Waals surface area contributed by atoms with Gasteiger partial charge in [0.15, 0.2) is 0 Å². The third-order valence-corrected chi connectivity index (χ3v) is 4.72. The second kappa shape index (κ2) is 8.16. The Kier molecular flexibility index (Phi) is 5.71. The first-order chi connectivity index (χ1) is 12.1. The molecule has 1 aromatic heterocycles. The van der Waals surface area contributed by atoms with Crippen molar-refractivity contribution in [2.75, 3.05) is 0 Å². The first-order valence-electron chi connectivity index (χ1n) is 8.91. The second-order valence-corrected chi connectivity index (χ2v) is 6.80. The van der Waals surface area contributed by atoms with Crippen molar-refractivity contribution in [1.82, 2.24) is 20.4 Å². The Morgan fingerprint density at radius 1 is 1.28 bits per heavy atom. The van der Waals surface area contributed by atoms with Crippen LogP contribution >= 0.6 is 0 Å². The summed E-state index contributed by atoms with van der Waals surface area (Å²) in [7, 11) is 0. The number of nitrogens with one attached hydrogen (secondary N) is 2. The lowest BCUT2D eigenvalue weighted by atomic mass is 9.93. The Hall–Kier alpha value is -2.34. The van der Waals surface area contributed by atoms with Crippen molar-refractivity contribution >= 4 is 6.03 Å². The Morgan fingerprint density at radius 3 is 2.72 bits per heavy atom. The van der Waals surface area contributed by atoms with Gasteiger partial charge in [-0.05, 0) is 38.2 Å². The molecule has 0 radical (unpaired) electrons. The molecule has 6 nitrogen and oxygen atoms in total. The van der Waals surface area contributed by atoms with Crippen LogP contribution < -0.4 is 10.6 Å². The van der Waals surface area contributed by atoms with Crippen LogP contribution in [0.15, 0.2) is 42.7 Å². The summed E-state index contributed by atoms with van der Waals surface area (Å²) in [6.07, 6.45) is 6.73. The van der Waals surface area contributed by atoms with E-state index in [1.807, 2.05) is 36.0 Å². The molecule has 0 spiro atoms. The number of nitrogens with zero attached hydrogens (tertiary/aromatic N) is 2. The van der Waals surface area contributed by atoms with Crippen molar-refractivity contribution in [2.24, 2.45) is 0 Å². The lowest BCUT2D eigenvalue weighted by Gasteiger charge is -2.26. The predicted octanol–water partition coefficient (Wildman–Crippen LogP) is 2.60. The van der Waals surface area contributed by atoms with Gasteiger partial charge < -0.3 is 15.7 Å². The van der Waals surface area contributed by atoms with Gasteiger partial charge >= 0.3 is 6.03 Å². The van der Waals surface area contributed by atoms with Crippen molar-refractivity contribution in [1.29, 1.82) is 0 Å². The SMILES string of the molecule is C[C@@H](NC(=O)NC1CCC(O)CC1)c1cnn(Cc2ccccc2)c1. The highest BCUT2D eigenvalue weighted by molar-refractivity contribution is 5.74. The molecule has 1 aromatic carbocycles. The maximum atomic E-state index is 12.2. The van der Waals surface area contributed by atoms with E-state index in [-0.39, 0.29) is 24.2 Å². The summed E-state index contributed by atoms with van der Waals surface area (Å²) in [5, 5.41) is 19.9. The van der Waals surface area contributed by atoms with Crippen LogP contribution in [0.5, 0.6) is 0 Å². The van der Waals surface area contributed by atoms with Gasteiger partial charge in [0.05, 0.1) is 24.9 Å². The minimum Gasteiger partial charge on any atom is -0.393 e. The van der Waals surface area contributed by atoms with Gasteiger partial charge in [0.25, 0.3) is 0 Å². The molecule has 1 heterocycles. The number of amides is 2. The Bertz CT molecular complexity index is 678. The van der Waals surface area contributed by atoms with Crippen LogP contribution in [0.4, 0.5) is 4.79 Å². The molecule has 0 saturated heterocycles. The highest BCUT2D eigenvalue weighted by Gasteiger charge is 2.21. The number of hydrogen-bond donors (Lipinski definition) is 3. The minimum absolute atomic E-state index is 0.112. The van der Waals surface area contributed by atoms with Crippen molar-refractivity contribution in [3.8, 4) is 0 Å². The molecule has 1 atom stereocenters. The van der Waals surface area contributed by atoms with Crippen LogP contribution in [0, 0.1) is 0 Å². The maximum Gasteiger partial charge on any atom is 0.315 e. The highest BCUT2D eigenvalue weighted by Crippen LogP contribution is 2.18. The lowest BCUT2D eigenvalue weighted by Crippen LogP contribution is -2.44. The molecule has 1 fully saturated rings. The van der Waals surface area contributed by atoms with Gasteiger partial charge in [-0.25, -0.2) is 4.79 Å². The maximum absolute atomic E-state index is 12.2. The Labute approximate surface area is 148 Å². The van der Waals surface area contributed by atoms with E-state index in [9.17, 15) is 9.90 Å². The van der Waals surface area contributed by atoms with Crippen molar-refractivity contribution in [3.05, 3.63) is 53.9 Å². The standard InChI is InChI=1S/C19H26N4O2/c1-14(21-19(25)22-17-7-9-18(24)10-8-17)16-11-20-23(13-16)12-15-5-3-2-4-6-15/h2-6,11,13-14,17-18,24H,7-10,12H2,1H3,(H2,21,22,25)/t14-,17?,18?/m1/s1. The molecule has 2 amide bonds. The topological polar surface area (TPSA) is 79.2 Å². The summed E-state index contributed by atoms with van der Waals surface area (Å²) in [4.78, 5) is 12.2. The van der Waals surface area contributed by atoms with E-state index in [2.05, 4.69) is 27.9 Å². The molecule has 1 aliphatic rings. The van der Waals surface area contributed by atoms with E-state index in [1.165, 1.54) is 5.56 Å². The largest absolute Gasteiger partial charge is 0.393 e. The van der Waals surface area contributed by atoms with Crippen molar-refractivity contribution in [3.63, 3.8) is 0 Å². The third-order valence-electron chi connectivity index (χ3n) is 4.72. The average molecular weight is 342 g/mol. The van der Waals surface area contributed by atoms with Crippen LogP contribution in [0.1, 0.15) is 49.8 Å². The summed E-state index contributed by atoms with van der Waals surface area (Å²) in [5.74, 6) is 0. The summed E-state index contributed by atoms with van der Waals surface area (Å²) < 4.78 is 1.88. The first-order valence-corrected chi connectivity index (χ1v) is 8.91. The summed E-state index contributed by atoms with van der Waals surface area (Å²) in [5.41, 5.74) is 2.17. The fourth-order valence-electron chi connectivity index (χ4n) is 3.19. The molecule has 0 bridgehead atoms. The zero-order valence-electron chi connectivity index (χ0n) is 14.6. The van der Waals surface area contributed by atoms with E-state index < -0.39 is 0 Å². The third kappa shape index (κ3) is 5.06. The molecule has 3 rings (SSSR count). The molecular weight excluding hydrogens is 316 g/mol. The number of hydrogen-bond acceptors (Lipinski definition) is 3. The molecule has 25 heavy (non-hydrogen) atoms. The highest BCUT2D eigenvalue weighted by atomic mass is 16.3. The van der Waals surface area contributed by atoms with Gasteiger partial charge in [-0.15, -0.1) is 0 Å². The number of benzene rings is 1. The van der Waals surface area contributed by atoms with Crippen LogP contribution in [0.25, 0.3) is 0 Å². The molecule has 6 heteroatoms. The summed E-state index contributed by atoms with van der Waals surface area (Å²) in [6, 6.07) is 10.0. The number of rotatable bonds is 5. The minimum atomic E-state index is -0.213. The molecule has 3 N–H and O–H groups in total. The fourth-order valence-corrected chi connectivity index (χ4v) is 3.19. The van der Waals surface area contributed by atoms with Gasteiger partial charge in [0.1, 0.15) is 0 Å². The fraction of sp³-hybridized carbons (Fsp3) is 0.474. The van der Waals surface area contributed by atoms with Gasteiger partial charge in [0.2, 0.25) is 0 Å². The Balaban J connectivity index is 1.49. The molecule has 1 aliphatic carbocycles. The quantitative estimate of drug-likeness (QED) is 0.781. The molecule has 134 valence electrons. The molecule has 0 unspecified atom stereocenters. The predicted molar refractivity (Wildman–Crippen MR) is 96.1 cm³/mol. The monoisotopic (exact) mass is 342 g/mol. The van der Waals surface area contributed by atoms with Gasteiger partial charge in [-0.1, -0.05) is 30.3 Å². The van der Waals surface area contributed by atoms with E-state index in [0.29, 0.717) is 6.54 Å². The molecule has 2 aromatic rings. The number of aliphatic hydroxyl groups excluding tert-OH is 1. The van der Waals surface area contributed by atoms with Crippen LogP contribution in [-0.4, -0.2) is 33.1 Å². The van der Waals surface area contributed by atoms with Gasteiger partial charge in [-0.2, -0.15) is 5.10 Å². The van der Waals surface area contributed by atoms with E-state index in [0.717, 1.165) is 31.2 Å². The number of urea groups is 1. The molecule has 1 saturated carbocycles. The zero-order valence-corrected chi connectivity index (χ0v) is 14.6. The second-order valence-electron chi connectivity index (χ2n) is 6.80. The van der Waals surface area contributed by atoms with Crippen LogP contribution in [0.3, 0.4) is 0 Å². The zero-order chi connectivity index (χ0) is 17.6. The van der Waals surface area contributed by atoms with Crippen LogP contribution in [0.2, 0.25) is 0 Å². The lowest BCUT2D eigenvalue weighted by molar-refractivity contribution is 0.117. The molecule has 0 aliphatic heterocycles. The van der Waals surface area contributed by atoms with Gasteiger partial charge in [-0.3, -0.25) is 4.68 Å². The van der Waals surface area contributed by atoms with Crippen LogP contribution in [-0.2, 0) is 6.54 Å². The normalized spacial score (nSPS) is 21.5. The van der Waals surface area contributed by atoms with E-state index >= 15 is 0 Å². The number of aliphatic hydroxyl groups is 1. The van der Waals surface area contributed by atoms with Gasteiger partial charge in [0, 0.05) is 17.8 Å². The number of carbonyl (C=O) groups is 1. The summed E-state index contributed by atoms with van der Waals surface area (Å²) in [6.45, 7) is 2.66. The van der Waals surface area contributed by atoms with E-state index in [1.54, 1.807) is 6.20 Å². The van der Waals surface area contributed by atoms with Crippen molar-refractivity contribution < 1.29 is 9.90 Å². The van der Waals surface area contributed by atoms with E-state index in [4.69, 9.17) is 0 Å². The average Bonchev–Trinajstić information content (AvgIpc) is 3.06. The number of carbonyl (C=O) groups excluding carboxylic acids is 1. The first kappa shape index (κ1) is 17.5. The van der Waals surface area contributed by atoms with Crippen molar-refractivity contribution in [2.45, 2.75) is 57.3 Å². The number of aromatic nitrogens is 2.